The van der Waals surface area contributed by atoms with Crippen LogP contribution in [0.2, 0.25) is 10.0 Å². The number of ether oxygens (including phenoxy) is 1. The van der Waals surface area contributed by atoms with E-state index in [4.69, 9.17) is 34.5 Å². The van der Waals surface area contributed by atoms with E-state index in [0.29, 0.717) is 17.5 Å². The van der Waals surface area contributed by atoms with Gasteiger partial charge in [-0.15, -0.1) is 9.78 Å². The van der Waals surface area contributed by atoms with Gasteiger partial charge in [-0.3, -0.25) is 14.6 Å². The predicted octanol–water partition coefficient (Wildman–Crippen LogP) is 3.27. The Labute approximate surface area is 190 Å². The number of aromatic nitrogens is 5. The van der Waals surface area contributed by atoms with Gasteiger partial charge in [0, 0.05) is 11.1 Å². The predicted molar refractivity (Wildman–Crippen MR) is 118 cm³/mol. The first-order chi connectivity index (χ1) is 15.1. The molecule has 2 aromatic heterocycles. The van der Waals surface area contributed by atoms with Gasteiger partial charge >= 0.3 is 11.5 Å². The lowest BCUT2D eigenvalue weighted by Crippen LogP contribution is -2.33. The second kappa shape index (κ2) is 7.93. The lowest BCUT2D eigenvalue weighted by Gasteiger charge is -2.31. The van der Waals surface area contributed by atoms with Gasteiger partial charge in [0.05, 0.1) is 15.7 Å². The number of nitrogens with one attached hydrogen (secondary N) is 2. The summed E-state index contributed by atoms with van der Waals surface area (Å²) in [5, 5.41) is 10.3. The molecule has 32 heavy (non-hydrogen) atoms. The van der Waals surface area contributed by atoms with Crippen LogP contribution in [0.5, 0.6) is 11.6 Å². The molecule has 0 unspecified atom stereocenters. The van der Waals surface area contributed by atoms with Crippen LogP contribution in [0.25, 0.3) is 10.5 Å². The van der Waals surface area contributed by atoms with Gasteiger partial charge in [-0.1, -0.05) is 43.6 Å². The molecule has 164 valence electrons. The van der Waals surface area contributed by atoms with Gasteiger partial charge < -0.3 is 9.58 Å². The van der Waals surface area contributed by atoms with Crippen LogP contribution >= 0.6 is 23.2 Å². The van der Waals surface area contributed by atoms with Crippen LogP contribution in [-0.2, 0) is 11.8 Å². The number of H-pyrrole nitrogens is 2. The summed E-state index contributed by atoms with van der Waals surface area (Å²) in [6.45, 7) is 11.0. The zero-order valence-corrected chi connectivity index (χ0v) is 18.5. The maximum atomic E-state index is 12.4. The normalized spacial score (nSPS) is 14.5. The zero-order valence-electron chi connectivity index (χ0n) is 17.0. The molecule has 2 heterocycles. The molecule has 12 heteroatoms. The lowest BCUT2D eigenvalue weighted by molar-refractivity contribution is 0.394. The van der Waals surface area contributed by atoms with Crippen molar-refractivity contribution < 1.29 is 4.74 Å². The molecule has 0 amide bonds. The highest BCUT2D eigenvalue weighted by atomic mass is 35.5. The number of hydrogen-bond acceptors (Lipinski definition) is 6. The van der Waals surface area contributed by atoms with E-state index < -0.39 is 17.1 Å². The van der Waals surface area contributed by atoms with Crippen molar-refractivity contribution in [3.05, 3.63) is 75.9 Å². The maximum Gasteiger partial charge on any atom is 0.365 e. The number of benzene rings is 1. The van der Waals surface area contributed by atoms with Crippen LogP contribution in [0.3, 0.4) is 0 Å². The molecule has 1 aliphatic rings. The van der Waals surface area contributed by atoms with Crippen LogP contribution < -0.4 is 21.5 Å². The number of nitrogens with zero attached hydrogens (tertiary/aromatic N) is 4. The minimum absolute atomic E-state index is 0.0357. The zero-order chi connectivity index (χ0) is 23.2. The minimum atomic E-state index is -0.893. The third-order valence-electron chi connectivity index (χ3n) is 5.29. The first kappa shape index (κ1) is 21.8. The average Bonchev–Trinajstić information content (AvgIpc) is 2.71. The van der Waals surface area contributed by atoms with Crippen molar-refractivity contribution in [3.63, 3.8) is 0 Å². The molecule has 0 radical (unpaired) electrons. The maximum absolute atomic E-state index is 12.4. The quantitative estimate of drug-likeness (QED) is 0.560. The largest absolute Gasteiger partial charge is 0.434 e. The monoisotopic (exact) mass is 474 g/mol. The lowest BCUT2D eigenvalue weighted by atomic mass is 9.74. The van der Waals surface area contributed by atoms with Crippen LogP contribution in [0, 0.1) is 6.57 Å². The van der Waals surface area contributed by atoms with Crippen molar-refractivity contribution in [3.8, 4) is 17.3 Å². The Kier molecular flexibility index (Phi) is 5.40. The summed E-state index contributed by atoms with van der Waals surface area (Å²) in [6, 6.07) is 2.70. The number of hydrogen-bond donors (Lipinski definition) is 2. The summed E-state index contributed by atoms with van der Waals surface area (Å²) in [5.74, 6) is -0.243. The van der Waals surface area contributed by atoms with E-state index in [1.165, 1.54) is 12.1 Å². The van der Waals surface area contributed by atoms with E-state index in [0.717, 1.165) is 17.5 Å². The summed E-state index contributed by atoms with van der Waals surface area (Å²) in [5.41, 5.74) is -0.913. The van der Waals surface area contributed by atoms with Crippen molar-refractivity contribution in [1.29, 1.82) is 0 Å². The molecule has 0 atom stereocenters. The van der Waals surface area contributed by atoms with Crippen molar-refractivity contribution in [2.45, 2.75) is 38.5 Å². The first-order valence-electron chi connectivity index (χ1n) is 9.53. The topological polar surface area (TPSA) is 127 Å². The fraction of sp³-hybridized carbons (Fsp3) is 0.300. The molecule has 4 rings (SSSR count). The highest BCUT2D eigenvalue weighted by Gasteiger charge is 2.33. The van der Waals surface area contributed by atoms with Crippen molar-refractivity contribution in [1.82, 2.24) is 25.0 Å². The van der Waals surface area contributed by atoms with E-state index in [-0.39, 0.29) is 38.3 Å². The van der Waals surface area contributed by atoms with Crippen LogP contribution in [-0.4, -0.2) is 25.0 Å². The molecule has 3 aromatic rings. The second-order valence-electron chi connectivity index (χ2n) is 7.90. The van der Waals surface area contributed by atoms with E-state index in [9.17, 15) is 14.4 Å². The average molecular weight is 475 g/mol. The summed E-state index contributed by atoms with van der Waals surface area (Å²) in [7, 11) is 0. The molecule has 0 fully saturated rings. The van der Waals surface area contributed by atoms with Crippen molar-refractivity contribution in [2.75, 3.05) is 0 Å². The Hall–Kier alpha value is -3.42. The number of halogens is 2. The van der Waals surface area contributed by atoms with Gasteiger partial charge in [0.15, 0.2) is 5.75 Å². The van der Waals surface area contributed by atoms with Crippen molar-refractivity contribution in [2.24, 2.45) is 0 Å². The Morgan fingerprint density at radius 2 is 1.88 bits per heavy atom. The van der Waals surface area contributed by atoms with Gasteiger partial charge in [-0.2, -0.15) is 0 Å². The van der Waals surface area contributed by atoms with Gasteiger partial charge in [-0.25, -0.2) is 9.89 Å². The number of fused-ring (bicyclic) bond motifs is 1. The smallest absolute Gasteiger partial charge is 0.365 e. The van der Waals surface area contributed by atoms with Crippen LogP contribution in [0.1, 0.15) is 37.8 Å². The minimum Gasteiger partial charge on any atom is -0.434 e. The standard InChI is InChI=1S/C20H16Cl2N6O4/c1-20(2)6-4-5-10-13(20)16(29)25-26-18(10)32-14-11(21)7-9(8-12(14)22)28-19(31)24-17(30)15(23-3)27-28/h7-8H,4-6H2,1-2H3,(H,25,29)(H,24,30,31). The van der Waals surface area contributed by atoms with E-state index in [1.54, 1.807) is 0 Å². The number of aromatic amines is 2. The molecule has 2 N–H and O–H groups in total. The van der Waals surface area contributed by atoms with E-state index >= 15 is 0 Å². The molecule has 0 bridgehead atoms. The van der Waals surface area contributed by atoms with Crippen LogP contribution in [0.4, 0.5) is 5.82 Å². The third kappa shape index (κ3) is 3.70. The molecular weight excluding hydrogens is 459 g/mol. The highest BCUT2D eigenvalue weighted by molar-refractivity contribution is 6.37. The highest BCUT2D eigenvalue weighted by Crippen LogP contribution is 2.42. The van der Waals surface area contributed by atoms with Crippen LogP contribution in [0.15, 0.2) is 26.5 Å². The second-order valence-corrected chi connectivity index (χ2v) is 8.71. The molecular formula is C20H16Cl2N6O4. The van der Waals surface area contributed by atoms with E-state index in [2.05, 4.69) is 20.1 Å². The molecule has 0 spiro atoms. The summed E-state index contributed by atoms with van der Waals surface area (Å²) >= 11 is 12.8. The summed E-state index contributed by atoms with van der Waals surface area (Å²) in [4.78, 5) is 41.1. The van der Waals surface area contributed by atoms with E-state index in [1.807, 2.05) is 18.8 Å². The van der Waals surface area contributed by atoms with Gasteiger partial charge in [-0.05, 0) is 41.9 Å². The van der Waals surface area contributed by atoms with Crippen molar-refractivity contribution >= 4 is 29.0 Å². The molecule has 0 saturated heterocycles. The number of rotatable bonds is 3. The Bertz CT molecular complexity index is 1440. The molecule has 1 aliphatic carbocycles. The Morgan fingerprint density at radius 3 is 2.53 bits per heavy atom. The molecule has 0 saturated carbocycles. The molecule has 10 nitrogen and oxygen atoms in total. The summed E-state index contributed by atoms with van der Waals surface area (Å²) in [6.07, 6.45) is 2.34. The fourth-order valence-corrected chi connectivity index (χ4v) is 4.39. The Balaban J connectivity index is 1.79. The van der Waals surface area contributed by atoms with Gasteiger partial charge in [0.2, 0.25) is 5.88 Å². The fourth-order valence-electron chi connectivity index (χ4n) is 3.84. The third-order valence-corrected chi connectivity index (χ3v) is 5.86. The SMILES string of the molecule is [C-]#[N+]c1nn(-c2cc(Cl)c(Oc3n[nH]c(=O)c4c3CCCC4(C)C)c(Cl)c2)c(=O)[nH]c1=O. The van der Waals surface area contributed by atoms with Gasteiger partial charge in [0.1, 0.15) is 0 Å². The molecule has 1 aromatic carbocycles. The molecule has 0 aliphatic heterocycles. The summed E-state index contributed by atoms with van der Waals surface area (Å²) < 4.78 is 6.72. The van der Waals surface area contributed by atoms with Gasteiger partial charge in [0.25, 0.3) is 11.1 Å². The Morgan fingerprint density at radius 1 is 1.19 bits per heavy atom. The first-order valence-corrected chi connectivity index (χ1v) is 10.3.